The first-order valence-electron chi connectivity index (χ1n) is 5.09. The number of likely N-dealkylation sites (tertiary alicyclic amines) is 1. The van der Waals surface area contributed by atoms with Gasteiger partial charge in [-0.3, -0.25) is 0 Å². The van der Waals surface area contributed by atoms with E-state index in [4.69, 9.17) is 8.48 Å². The van der Waals surface area contributed by atoms with E-state index in [2.05, 4.69) is 4.90 Å². The quantitative estimate of drug-likeness (QED) is 0.633. The van der Waals surface area contributed by atoms with Crippen LogP contribution < -0.4 is 5.73 Å². The van der Waals surface area contributed by atoms with Crippen molar-refractivity contribution in [3.05, 3.63) is 0 Å². The van der Waals surface area contributed by atoms with Crippen LogP contribution in [-0.2, 0) is 0 Å². The molecule has 0 unspecified atom stereocenters. The van der Waals surface area contributed by atoms with Crippen LogP contribution >= 0.6 is 0 Å². The van der Waals surface area contributed by atoms with Crippen molar-refractivity contribution in [2.24, 2.45) is 5.73 Å². The van der Waals surface area contributed by atoms with Gasteiger partial charge >= 0.3 is 0 Å². The minimum Gasteiger partial charge on any atom is -0.330 e. The summed E-state index contributed by atoms with van der Waals surface area (Å²) in [7, 11) is 0. The molecule has 1 saturated heterocycles. The molecule has 0 aromatic carbocycles. The number of rotatable bonds is 4. The highest BCUT2D eigenvalue weighted by molar-refractivity contribution is 4.65. The van der Waals surface area contributed by atoms with E-state index in [-0.39, 0.29) is 0 Å². The molecule has 0 bridgehead atoms. The van der Waals surface area contributed by atoms with Gasteiger partial charge in [-0.2, -0.15) is 0 Å². The Kier molecular flexibility index (Phi) is 2.61. The highest BCUT2D eigenvalue weighted by Crippen LogP contribution is 2.07. The Bertz CT molecular complexity index is 128. The lowest BCUT2D eigenvalue weighted by molar-refractivity contribution is 0.331. The maximum absolute atomic E-state index is 7.13. The zero-order valence-electron chi connectivity index (χ0n) is 8.47. The Morgan fingerprint density at radius 3 is 2.60 bits per heavy atom. The lowest BCUT2D eigenvalue weighted by Crippen LogP contribution is -2.20. The summed E-state index contributed by atoms with van der Waals surface area (Å²) in [6, 6.07) is 0. The van der Waals surface area contributed by atoms with Gasteiger partial charge in [0.25, 0.3) is 0 Å². The second-order valence-corrected chi connectivity index (χ2v) is 2.86. The molecule has 1 aliphatic rings. The van der Waals surface area contributed by atoms with Gasteiger partial charge in [0, 0.05) is 2.74 Å². The SMILES string of the molecule is [2H]C([2H])(N)CCCN1CCCC1. The van der Waals surface area contributed by atoms with Crippen LogP contribution in [0.5, 0.6) is 0 Å². The molecule has 1 rings (SSSR count). The second kappa shape index (κ2) is 4.69. The van der Waals surface area contributed by atoms with Crippen molar-refractivity contribution in [2.45, 2.75) is 25.7 Å². The highest BCUT2D eigenvalue weighted by atomic mass is 15.1. The molecule has 0 saturated carbocycles. The average Bonchev–Trinajstić information content (AvgIpc) is 2.36. The first kappa shape index (κ1) is 5.56. The van der Waals surface area contributed by atoms with Crippen LogP contribution in [0.25, 0.3) is 0 Å². The van der Waals surface area contributed by atoms with Gasteiger partial charge in [0.05, 0.1) is 0 Å². The van der Waals surface area contributed by atoms with Gasteiger partial charge < -0.3 is 10.6 Å². The summed E-state index contributed by atoms with van der Waals surface area (Å²) in [4.78, 5) is 2.38. The van der Waals surface area contributed by atoms with Crippen LogP contribution in [0.1, 0.15) is 28.4 Å². The molecule has 0 aromatic heterocycles. The smallest absolute Gasteiger partial charge is 0.0425 e. The second-order valence-electron chi connectivity index (χ2n) is 2.86. The van der Waals surface area contributed by atoms with E-state index in [0.29, 0.717) is 6.42 Å². The fourth-order valence-corrected chi connectivity index (χ4v) is 1.41. The van der Waals surface area contributed by atoms with Crippen molar-refractivity contribution in [1.82, 2.24) is 4.90 Å². The molecule has 1 heterocycles. The molecule has 2 heteroatoms. The first-order chi connectivity index (χ1) is 5.58. The Morgan fingerprint density at radius 1 is 1.30 bits per heavy atom. The number of nitrogens with two attached hydrogens (primary N) is 1. The maximum Gasteiger partial charge on any atom is 0.0425 e. The minimum atomic E-state index is -1.47. The third-order valence-electron chi connectivity index (χ3n) is 1.99. The zero-order chi connectivity index (χ0) is 9.03. The minimum absolute atomic E-state index is 0.476. The molecular weight excluding hydrogens is 124 g/mol. The fourth-order valence-electron chi connectivity index (χ4n) is 1.41. The van der Waals surface area contributed by atoms with E-state index >= 15 is 0 Å². The van der Waals surface area contributed by atoms with E-state index in [1.54, 1.807) is 0 Å². The average molecular weight is 144 g/mol. The fraction of sp³-hybridized carbons (Fsp3) is 1.00. The summed E-state index contributed by atoms with van der Waals surface area (Å²) < 4.78 is 14.3. The molecule has 2 nitrogen and oxygen atoms in total. The topological polar surface area (TPSA) is 29.3 Å². The normalized spacial score (nSPS) is 24.5. The lowest BCUT2D eigenvalue weighted by atomic mass is 10.3. The van der Waals surface area contributed by atoms with Crippen molar-refractivity contribution in [3.8, 4) is 0 Å². The lowest BCUT2D eigenvalue weighted by Gasteiger charge is -2.12. The summed E-state index contributed by atoms with van der Waals surface area (Å²) in [6.07, 6.45) is 3.96. The van der Waals surface area contributed by atoms with Gasteiger partial charge in [-0.15, -0.1) is 0 Å². The van der Waals surface area contributed by atoms with Crippen LogP contribution in [0.3, 0.4) is 0 Å². The van der Waals surface area contributed by atoms with Crippen LogP contribution in [-0.4, -0.2) is 31.0 Å². The molecule has 0 spiro atoms. The van der Waals surface area contributed by atoms with Gasteiger partial charge in [-0.25, -0.2) is 0 Å². The predicted octanol–water partition coefficient (Wildman–Crippen LogP) is 0.821. The van der Waals surface area contributed by atoms with Crippen molar-refractivity contribution < 1.29 is 2.74 Å². The predicted molar refractivity (Wildman–Crippen MR) is 44.0 cm³/mol. The molecule has 0 aromatic rings. The largest absolute Gasteiger partial charge is 0.330 e. The molecule has 0 aliphatic carbocycles. The van der Waals surface area contributed by atoms with E-state index < -0.39 is 6.50 Å². The molecule has 0 amide bonds. The molecule has 10 heavy (non-hydrogen) atoms. The summed E-state index contributed by atoms with van der Waals surface area (Å²) in [5, 5.41) is 0. The number of nitrogens with zero attached hydrogens (tertiary/aromatic N) is 1. The van der Waals surface area contributed by atoms with Crippen LogP contribution in [0.2, 0.25) is 0 Å². The Balaban J connectivity index is 2.02. The van der Waals surface area contributed by atoms with Crippen LogP contribution in [0.4, 0.5) is 0 Å². The van der Waals surface area contributed by atoms with E-state index in [9.17, 15) is 0 Å². The van der Waals surface area contributed by atoms with E-state index in [0.717, 1.165) is 13.0 Å². The summed E-state index contributed by atoms with van der Waals surface area (Å²) in [6.45, 7) is 1.91. The molecule has 60 valence electrons. The molecule has 2 N–H and O–H groups in total. The zero-order valence-corrected chi connectivity index (χ0v) is 6.47. The highest BCUT2D eigenvalue weighted by Gasteiger charge is 2.09. The monoisotopic (exact) mass is 144 g/mol. The first-order valence-corrected chi connectivity index (χ1v) is 4.09. The maximum atomic E-state index is 7.13. The molecule has 1 aliphatic heterocycles. The third kappa shape index (κ3) is 2.67. The van der Waals surface area contributed by atoms with E-state index in [1.807, 2.05) is 0 Å². The Labute approximate surface area is 66.2 Å². The molecular formula is C8H18N2. The van der Waals surface area contributed by atoms with Crippen LogP contribution in [0, 0.1) is 0 Å². The van der Waals surface area contributed by atoms with Crippen LogP contribution in [0.15, 0.2) is 0 Å². The van der Waals surface area contributed by atoms with Gasteiger partial charge in [0.15, 0.2) is 0 Å². The van der Waals surface area contributed by atoms with Gasteiger partial charge in [-0.1, -0.05) is 0 Å². The van der Waals surface area contributed by atoms with Gasteiger partial charge in [0.1, 0.15) is 0 Å². The molecule has 0 radical (unpaired) electrons. The summed E-state index contributed by atoms with van der Waals surface area (Å²) >= 11 is 0. The van der Waals surface area contributed by atoms with E-state index in [1.165, 1.54) is 25.9 Å². The van der Waals surface area contributed by atoms with Gasteiger partial charge in [0.2, 0.25) is 0 Å². The van der Waals surface area contributed by atoms with Gasteiger partial charge in [-0.05, 0) is 51.8 Å². The van der Waals surface area contributed by atoms with Crippen molar-refractivity contribution in [3.63, 3.8) is 0 Å². The molecule has 1 fully saturated rings. The Hall–Kier alpha value is -0.0800. The summed E-state index contributed by atoms with van der Waals surface area (Å²) in [5.41, 5.74) is 5.24. The number of hydrogen-bond donors (Lipinski definition) is 1. The summed E-state index contributed by atoms with van der Waals surface area (Å²) in [5.74, 6) is 0. The molecule has 0 atom stereocenters. The standard InChI is InChI=1S/C8H18N2/c9-5-1-2-6-10-7-3-4-8-10/h1-9H2/i5D2. The Morgan fingerprint density at radius 2 is 2.00 bits per heavy atom. The van der Waals surface area contributed by atoms with Crippen molar-refractivity contribution in [1.29, 1.82) is 0 Å². The van der Waals surface area contributed by atoms with Crippen molar-refractivity contribution >= 4 is 0 Å². The van der Waals surface area contributed by atoms with Crippen molar-refractivity contribution in [2.75, 3.05) is 26.1 Å². The third-order valence-corrected chi connectivity index (χ3v) is 1.99. The number of hydrogen-bond acceptors (Lipinski definition) is 2.